The van der Waals surface area contributed by atoms with E-state index in [0.717, 1.165) is 19.5 Å². The molecule has 0 radical (unpaired) electrons. The summed E-state index contributed by atoms with van der Waals surface area (Å²) in [5, 5.41) is 3.32. The van der Waals surface area contributed by atoms with Crippen LogP contribution < -0.4 is 5.32 Å². The molecule has 2 rings (SSSR count). The first-order valence-electron chi connectivity index (χ1n) is 6.76. The van der Waals surface area contributed by atoms with Crippen LogP contribution in [0.5, 0.6) is 0 Å². The van der Waals surface area contributed by atoms with Crippen LogP contribution in [0.3, 0.4) is 0 Å². The summed E-state index contributed by atoms with van der Waals surface area (Å²) in [7, 11) is 0. The Balaban J connectivity index is 1.98. The fourth-order valence-electron chi connectivity index (χ4n) is 2.49. The molecule has 0 bridgehead atoms. The molecule has 0 saturated heterocycles. The van der Waals surface area contributed by atoms with Gasteiger partial charge in [-0.2, -0.15) is 13.2 Å². The van der Waals surface area contributed by atoms with Gasteiger partial charge in [-0.3, -0.25) is 0 Å². The highest BCUT2D eigenvalue weighted by Gasteiger charge is 2.43. The van der Waals surface area contributed by atoms with Gasteiger partial charge < -0.3 is 5.32 Å². The molecule has 0 heterocycles. The first-order valence-corrected chi connectivity index (χ1v) is 6.76. The lowest BCUT2D eigenvalue weighted by atomic mass is 10.0. The Bertz CT molecular complexity index is 426. The Labute approximate surface area is 112 Å². The van der Waals surface area contributed by atoms with E-state index in [-0.39, 0.29) is 5.92 Å². The van der Waals surface area contributed by atoms with Gasteiger partial charge in [0.1, 0.15) is 0 Å². The average molecular weight is 271 g/mol. The Kier molecular flexibility index (Phi) is 4.19. The van der Waals surface area contributed by atoms with E-state index in [0.29, 0.717) is 17.4 Å². The van der Waals surface area contributed by atoms with Crippen molar-refractivity contribution in [1.29, 1.82) is 0 Å². The van der Waals surface area contributed by atoms with Crippen LogP contribution in [0.25, 0.3) is 0 Å². The molecule has 19 heavy (non-hydrogen) atoms. The molecule has 1 fully saturated rings. The van der Waals surface area contributed by atoms with Gasteiger partial charge in [-0.1, -0.05) is 32.0 Å². The minimum Gasteiger partial charge on any atom is -0.316 e. The monoisotopic (exact) mass is 271 g/mol. The van der Waals surface area contributed by atoms with E-state index in [1.807, 2.05) is 0 Å². The number of hydrogen-bond donors (Lipinski definition) is 1. The van der Waals surface area contributed by atoms with Gasteiger partial charge >= 0.3 is 6.18 Å². The first-order chi connectivity index (χ1) is 8.89. The van der Waals surface area contributed by atoms with E-state index in [2.05, 4.69) is 19.2 Å². The quantitative estimate of drug-likeness (QED) is 0.851. The Morgan fingerprint density at radius 2 is 1.95 bits per heavy atom. The molecule has 1 nitrogen and oxygen atoms in total. The standard InChI is InChI=1S/C15H20F3N/c1-10(2)8-19-9-11-7-13(11)12-5-3-4-6-14(12)15(16,17)18/h3-6,10-11,13,19H,7-9H2,1-2H3. The van der Waals surface area contributed by atoms with Crippen molar-refractivity contribution in [3.8, 4) is 0 Å². The zero-order valence-corrected chi connectivity index (χ0v) is 11.3. The van der Waals surface area contributed by atoms with E-state index in [1.54, 1.807) is 12.1 Å². The summed E-state index contributed by atoms with van der Waals surface area (Å²) in [4.78, 5) is 0. The Morgan fingerprint density at radius 1 is 1.26 bits per heavy atom. The summed E-state index contributed by atoms with van der Waals surface area (Å²) in [6.07, 6.45) is -3.38. The molecule has 0 amide bonds. The minimum atomic E-state index is -4.24. The van der Waals surface area contributed by atoms with E-state index >= 15 is 0 Å². The maximum atomic E-state index is 12.9. The van der Waals surface area contributed by atoms with Crippen molar-refractivity contribution in [2.75, 3.05) is 13.1 Å². The topological polar surface area (TPSA) is 12.0 Å². The van der Waals surface area contributed by atoms with Crippen molar-refractivity contribution in [1.82, 2.24) is 5.32 Å². The fourth-order valence-corrected chi connectivity index (χ4v) is 2.49. The molecule has 1 aliphatic rings. The van der Waals surface area contributed by atoms with Crippen molar-refractivity contribution in [3.63, 3.8) is 0 Å². The van der Waals surface area contributed by atoms with Gasteiger partial charge in [0.15, 0.2) is 0 Å². The molecule has 2 atom stereocenters. The Hall–Kier alpha value is -1.03. The number of alkyl halides is 3. The van der Waals surface area contributed by atoms with Crippen molar-refractivity contribution < 1.29 is 13.2 Å². The highest BCUT2D eigenvalue weighted by molar-refractivity contribution is 5.36. The van der Waals surface area contributed by atoms with E-state index in [9.17, 15) is 13.2 Å². The number of nitrogens with one attached hydrogen (secondary N) is 1. The summed E-state index contributed by atoms with van der Waals surface area (Å²) >= 11 is 0. The molecule has 1 saturated carbocycles. The van der Waals surface area contributed by atoms with Crippen LogP contribution in [0.1, 0.15) is 37.3 Å². The van der Waals surface area contributed by atoms with Crippen LogP contribution >= 0.6 is 0 Å². The van der Waals surface area contributed by atoms with Gasteiger partial charge in [0, 0.05) is 0 Å². The lowest BCUT2D eigenvalue weighted by Gasteiger charge is -2.12. The summed E-state index contributed by atoms with van der Waals surface area (Å²) in [6, 6.07) is 5.96. The smallest absolute Gasteiger partial charge is 0.316 e. The van der Waals surface area contributed by atoms with Gasteiger partial charge in [-0.25, -0.2) is 0 Å². The third kappa shape index (κ3) is 3.72. The zero-order chi connectivity index (χ0) is 14.0. The first kappa shape index (κ1) is 14.4. The van der Waals surface area contributed by atoms with Gasteiger partial charge in [0.25, 0.3) is 0 Å². The molecule has 4 heteroatoms. The molecule has 0 spiro atoms. The van der Waals surface area contributed by atoms with Crippen LogP contribution in [0.15, 0.2) is 24.3 Å². The molecule has 2 unspecified atom stereocenters. The van der Waals surface area contributed by atoms with E-state index in [4.69, 9.17) is 0 Å². The lowest BCUT2D eigenvalue weighted by molar-refractivity contribution is -0.138. The van der Waals surface area contributed by atoms with Crippen molar-refractivity contribution in [3.05, 3.63) is 35.4 Å². The molecule has 106 valence electrons. The number of halogens is 3. The van der Waals surface area contributed by atoms with Crippen LogP contribution in [-0.2, 0) is 6.18 Å². The van der Waals surface area contributed by atoms with Gasteiger partial charge in [-0.15, -0.1) is 0 Å². The second-order valence-corrected chi connectivity index (χ2v) is 5.74. The second-order valence-electron chi connectivity index (χ2n) is 5.74. The molecule has 1 aliphatic carbocycles. The molecular formula is C15H20F3N. The summed E-state index contributed by atoms with van der Waals surface area (Å²) in [5.41, 5.74) is -0.00212. The molecule has 1 aromatic carbocycles. The highest BCUT2D eigenvalue weighted by Crippen LogP contribution is 2.50. The maximum Gasteiger partial charge on any atom is 0.416 e. The minimum absolute atomic E-state index is 0.0671. The van der Waals surface area contributed by atoms with E-state index < -0.39 is 11.7 Å². The molecular weight excluding hydrogens is 251 g/mol. The number of benzene rings is 1. The van der Waals surface area contributed by atoms with Crippen molar-refractivity contribution in [2.45, 2.75) is 32.4 Å². The summed E-state index contributed by atoms with van der Waals surface area (Å²) in [6.45, 7) is 5.98. The zero-order valence-electron chi connectivity index (χ0n) is 11.3. The van der Waals surface area contributed by atoms with Crippen LogP contribution in [-0.4, -0.2) is 13.1 Å². The Morgan fingerprint density at radius 3 is 2.58 bits per heavy atom. The molecule has 0 aliphatic heterocycles. The predicted octanol–water partition coefficient (Wildman–Crippen LogP) is 4.05. The highest BCUT2D eigenvalue weighted by atomic mass is 19.4. The molecule has 1 aromatic rings. The molecule has 0 aromatic heterocycles. The van der Waals surface area contributed by atoms with Gasteiger partial charge in [-0.05, 0) is 48.9 Å². The number of hydrogen-bond acceptors (Lipinski definition) is 1. The SMILES string of the molecule is CC(C)CNCC1CC1c1ccccc1C(F)(F)F. The summed E-state index contributed by atoms with van der Waals surface area (Å²) < 4.78 is 38.7. The van der Waals surface area contributed by atoms with Gasteiger partial charge in [0.05, 0.1) is 5.56 Å². The maximum absolute atomic E-state index is 12.9. The van der Waals surface area contributed by atoms with Crippen LogP contribution in [0, 0.1) is 11.8 Å². The largest absolute Gasteiger partial charge is 0.416 e. The predicted molar refractivity (Wildman–Crippen MR) is 70.0 cm³/mol. The van der Waals surface area contributed by atoms with Gasteiger partial charge in [0.2, 0.25) is 0 Å². The van der Waals surface area contributed by atoms with E-state index in [1.165, 1.54) is 12.1 Å². The number of rotatable bonds is 5. The third-order valence-electron chi connectivity index (χ3n) is 3.55. The van der Waals surface area contributed by atoms with Crippen LogP contribution in [0.2, 0.25) is 0 Å². The van der Waals surface area contributed by atoms with Crippen molar-refractivity contribution in [2.24, 2.45) is 11.8 Å². The molecule has 1 N–H and O–H groups in total. The van der Waals surface area contributed by atoms with Crippen molar-refractivity contribution >= 4 is 0 Å². The average Bonchev–Trinajstić information content (AvgIpc) is 3.07. The third-order valence-corrected chi connectivity index (χ3v) is 3.55. The second kappa shape index (κ2) is 5.53. The fraction of sp³-hybridized carbons (Fsp3) is 0.600. The van der Waals surface area contributed by atoms with Crippen LogP contribution in [0.4, 0.5) is 13.2 Å². The normalized spacial score (nSPS) is 22.8. The summed E-state index contributed by atoms with van der Waals surface area (Å²) in [5.74, 6) is 0.986. The lowest BCUT2D eigenvalue weighted by Crippen LogP contribution is -2.22.